The van der Waals surface area contributed by atoms with Crippen LogP contribution in [-0.2, 0) is 6.42 Å². The molecule has 5 heteroatoms. The minimum Gasteiger partial charge on any atom is -0.319 e. The molecule has 0 aliphatic rings. The number of hydrogen-bond acceptors (Lipinski definition) is 3. The quantitative estimate of drug-likeness (QED) is 0.461. The molecule has 0 aliphatic carbocycles. The Balaban J connectivity index is 1.76. The number of nitrogens with one attached hydrogen (secondary N) is 1. The summed E-state index contributed by atoms with van der Waals surface area (Å²) in [5.74, 6) is 0.442. The van der Waals surface area contributed by atoms with Crippen molar-refractivity contribution < 1.29 is 4.79 Å². The van der Waals surface area contributed by atoms with Gasteiger partial charge in [-0.3, -0.25) is 4.79 Å². The van der Waals surface area contributed by atoms with Crippen LogP contribution >= 0.6 is 0 Å². The zero-order chi connectivity index (χ0) is 22.0. The van der Waals surface area contributed by atoms with Gasteiger partial charge < -0.3 is 5.32 Å². The fourth-order valence-electron chi connectivity index (χ4n) is 3.42. The van der Waals surface area contributed by atoms with Gasteiger partial charge in [0.15, 0.2) is 5.82 Å². The van der Waals surface area contributed by atoms with Crippen LogP contribution in [0.4, 0.5) is 5.69 Å². The molecule has 1 N–H and O–H groups in total. The number of aryl methyl sites for hydroxylation is 4. The highest BCUT2D eigenvalue weighted by atomic mass is 16.2. The first-order valence-corrected chi connectivity index (χ1v) is 10.5. The summed E-state index contributed by atoms with van der Waals surface area (Å²) in [5, 5.41) is 7.52. The number of benzene rings is 3. The Morgan fingerprint density at radius 3 is 2.26 bits per heavy atom. The molecule has 1 aromatic heterocycles. The normalized spacial score (nSPS) is 10.8. The molecule has 0 bridgehead atoms. The van der Waals surface area contributed by atoms with Crippen LogP contribution in [0.3, 0.4) is 0 Å². The number of anilines is 1. The van der Waals surface area contributed by atoms with Crippen molar-refractivity contribution in [2.75, 3.05) is 5.32 Å². The smallest absolute Gasteiger partial charge is 0.295 e. The van der Waals surface area contributed by atoms with Gasteiger partial charge in [-0.2, -0.15) is 0 Å². The van der Waals surface area contributed by atoms with E-state index in [4.69, 9.17) is 0 Å². The zero-order valence-corrected chi connectivity index (χ0v) is 18.3. The van der Waals surface area contributed by atoms with Crippen molar-refractivity contribution in [2.45, 2.75) is 34.1 Å². The molecule has 0 fully saturated rings. The standard InChI is InChI=1S/C26H26N4O/c1-5-20-10-14-22(15-11-20)27-26(31)24-28-25(21-12-7-17(2)8-13-21)30(29-24)23-16-18(3)6-9-19(23)4/h6-16H,5H2,1-4H3,(H,27,31). The van der Waals surface area contributed by atoms with E-state index in [1.165, 1.54) is 5.56 Å². The van der Waals surface area contributed by atoms with Crippen molar-refractivity contribution >= 4 is 11.6 Å². The van der Waals surface area contributed by atoms with Crippen LogP contribution < -0.4 is 5.32 Å². The van der Waals surface area contributed by atoms with Crippen LogP contribution in [-0.4, -0.2) is 20.7 Å². The summed E-state index contributed by atoms with van der Waals surface area (Å²) < 4.78 is 1.77. The maximum Gasteiger partial charge on any atom is 0.295 e. The van der Waals surface area contributed by atoms with Gasteiger partial charge in [-0.05, 0) is 62.1 Å². The second-order valence-electron chi connectivity index (χ2n) is 7.83. The number of carbonyl (C=O) groups excluding carboxylic acids is 1. The molecule has 0 unspecified atom stereocenters. The fourth-order valence-corrected chi connectivity index (χ4v) is 3.42. The van der Waals surface area contributed by atoms with E-state index in [-0.39, 0.29) is 11.7 Å². The molecular weight excluding hydrogens is 384 g/mol. The maximum atomic E-state index is 13.0. The maximum absolute atomic E-state index is 13.0. The summed E-state index contributed by atoms with van der Waals surface area (Å²) in [6.45, 7) is 8.22. The predicted molar refractivity (Wildman–Crippen MR) is 125 cm³/mol. The van der Waals surface area contributed by atoms with Crippen LogP contribution in [0.1, 0.15) is 39.8 Å². The molecule has 0 radical (unpaired) electrons. The van der Waals surface area contributed by atoms with E-state index < -0.39 is 0 Å². The van der Waals surface area contributed by atoms with E-state index in [2.05, 4.69) is 40.5 Å². The monoisotopic (exact) mass is 410 g/mol. The minimum absolute atomic E-state index is 0.135. The van der Waals surface area contributed by atoms with Gasteiger partial charge in [0, 0.05) is 11.3 Å². The van der Waals surface area contributed by atoms with Crippen LogP contribution in [0.5, 0.6) is 0 Å². The zero-order valence-electron chi connectivity index (χ0n) is 18.3. The summed E-state index contributed by atoms with van der Waals surface area (Å²) in [6.07, 6.45) is 0.954. The van der Waals surface area contributed by atoms with Gasteiger partial charge in [0.25, 0.3) is 5.91 Å². The molecule has 0 saturated carbocycles. The number of rotatable bonds is 5. The number of amides is 1. The third-order valence-corrected chi connectivity index (χ3v) is 5.33. The summed E-state index contributed by atoms with van der Waals surface area (Å²) in [6, 6.07) is 22.1. The first-order chi connectivity index (χ1) is 14.9. The van der Waals surface area contributed by atoms with Crippen molar-refractivity contribution in [3.63, 3.8) is 0 Å². The van der Waals surface area contributed by atoms with Crippen LogP contribution in [0.15, 0.2) is 66.7 Å². The highest BCUT2D eigenvalue weighted by Gasteiger charge is 2.20. The second kappa shape index (κ2) is 8.56. The van der Waals surface area contributed by atoms with Crippen molar-refractivity contribution in [3.05, 3.63) is 94.8 Å². The molecule has 1 amide bonds. The highest BCUT2D eigenvalue weighted by molar-refractivity contribution is 6.01. The molecule has 156 valence electrons. The van der Waals surface area contributed by atoms with E-state index in [0.717, 1.165) is 40.0 Å². The molecule has 0 atom stereocenters. The summed E-state index contributed by atoms with van der Waals surface area (Å²) in [5.41, 5.74) is 7.10. The van der Waals surface area contributed by atoms with Gasteiger partial charge in [0.05, 0.1) is 5.69 Å². The van der Waals surface area contributed by atoms with E-state index >= 15 is 0 Å². The van der Waals surface area contributed by atoms with Crippen LogP contribution in [0, 0.1) is 20.8 Å². The molecule has 4 rings (SSSR count). The van der Waals surface area contributed by atoms with E-state index in [1.807, 2.05) is 69.3 Å². The Kier molecular flexibility index (Phi) is 5.67. The largest absolute Gasteiger partial charge is 0.319 e. The molecule has 31 heavy (non-hydrogen) atoms. The lowest BCUT2D eigenvalue weighted by Gasteiger charge is -2.10. The SMILES string of the molecule is CCc1ccc(NC(=O)c2nc(-c3ccc(C)cc3)n(-c3cc(C)ccc3C)n2)cc1. The van der Waals surface area contributed by atoms with Crippen molar-refractivity contribution in [3.8, 4) is 17.1 Å². The average molecular weight is 411 g/mol. The number of nitrogens with zero attached hydrogens (tertiary/aromatic N) is 3. The molecular formula is C26H26N4O. The second-order valence-corrected chi connectivity index (χ2v) is 7.83. The number of carbonyl (C=O) groups is 1. The van der Waals surface area contributed by atoms with Crippen LogP contribution in [0.25, 0.3) is 17.1 Å². The molecule has 5 nitrogen and oxygen atoms in total. The number of hydrogen-bond donors (Lipinski definition) is 1. The Bertz CT molecular complexity index is 1220. The topological polar surface area (TPSA) is 59.8 Å². The molecule has 4 aromatic rings. The lowest BCUT2D eigenvalue weighted by Crippen LogP contribution is -2.14. The van der Waals surface area contributed by atoms with E-state index in [0.29, 0.717) is 5.82 Å². The first kappa shape index (κ1) is 20.5. The lowest BCUT2D eigenvalue weighted by atomic mass is 10.1. The van der Waals surface area contributed by atoms with Gasteiger partial charge in [-0.15, -0.1) is 5.10 Å². The van der Waals surface area contributed by atoms with Gasteiger partial charge in [0.2, 0.25) is 5.82 Å². The summed E-state index contributed by atoms with van der Waals surface area (Å²) in [7, 11) is 0. The van der Waals surface area contributed by atoms with Gasteiger partial charge in [-0.1, -0.05) is 61.0 Å². The van der Waals surface area contributed by atoms with E-state index in [1.54, 1.807) is 4.68 Å². The molecule has 0 spiro atoms. The first-order valence-electron chi connectivity index (χ1n) is 10.5. The Hall–Kier alpha value is -3.73. The van der Waals surface area contributed by atoms with Gasteiger partial charge in [-0.25, -0.2) is 9.67 Å². The molecule has 3 aromatic carbocycles. The van der Waals surface area contributed by atoms with Crippen molar-refractivity contribution in [1.82, 2.24) is 14.8 Å². The summed E-state index contributed by atoms with van der Waals surface area (Å²) >= 11 is 0. The van der Waals surface area contributed by atoms with Crippen molar-refractivity contribution in [1.29, 1.82) is 0 Å². The predicted octanol–water partition coefficient (Wildman–Crippen LogP) is 5.67. The lowest BCUT2D eigenvalue weighted by molar-refractivity contribution is 0.101. The Morgan fingerprint density at radius 1 is 0.903 bits per heavy atom. The average Bonchev–Trinajstić information content (AvgIpc) is 3.22. The third kappa shape index (κ3) is 4.40. The van der Waals surface area contributed by atoms with Gasteiger partial charge >= 0.3 is 0 Å². The Labute approximate surface area is 182 Å². The molecule has 0 aliphatic heterocycles. The Morgan fingerprint density at radius 2 is 1.58 bits per heavy atom. The number of aromatic nitrogens is 3. The van der Waals surface area contributed by atoms with Crippen molar-refractivity contribution in [2.24, 2.45) is 0 Å². The fraction of sp³-hybridized carbons (Fsp3) is 0.192. The molecule has 1 heterocycles. The van der Waals surface area contributed by atoms with E-state index in [9.17, 15) is 4.79 Å². The highest BCUT2D eigenvalue weighted by Crippen LogP contribution is 2.25. The molecule has 0 saturated heterocycles. The van der Waals surface area contributed by atoms with Crippen LogP contribution in [0.2, 0.25) is 0 Å². The van der Waals surface area contributed by atoms with Gasteiger partial charge in [0.1, 0.15) is 0 Å². The third-order valence-electron chi connectivity index (χ3n) is 5.33. The minimum atomic E-state index is -0.332. The summed E-state index contributed by atoms with van der Waals surface area (Å²) in [4.78, 5) is 17.6.